The first kappa shape index (κ1) is 14.7. The molecule has 3 aromatic rings. The number of carbonyl (C=O) groups excluding carboxylic acids is 1. The van der Waals surface area contributed by atoms with Crippen LogP contribution in [0.2, 0.25) is 0 Å². The molecule has 0 bridgehead atoms. The topological polar surface area (TPSA) is 46.9 Å². The van der Waals surface area contributed by atoms with Gasteiger partial charge in [-0.3, -0.25) is 4.79 Å². The molecular formula is C17H17N3OS. The number of para-hydroxylation sites is 3. The molecule has 0 unspecified atom stereocenters. The second-order valence-electron chi connectivity index (χ2n) is 4.83. The monoisotopic (exact) mass is 311 g/mol. The molecule has 0 saturated carbocycles. The zero-order valence-electron chi connectivity index (χ0n) is 12.3. The molecule has 0 saturated heterocycles. The molecule has 0 fully saturated rings. The predicted molar refractivity (Wildman–Crippen MR) is 91.2 cm³/mol. The minimum absolute atomic E-state index is 0.0223. The van der Waals surface area contributed by atoms with Gasteiger partial charge in [-0.15, -0.1) is 0 Å². The van der Waals surface area contributed by atoms with Crippen molar-refractivity contribution in [3.63, 3.8) is 0 Å². The normalized spacial score (nSPS) is 10.8. The van der Waals surface area contributed by atoms with Gasteiger partial charge in [-0.1, -0.05) is 42.1 Å². The van der Waals surface area contributed by atoms with Crippen molar-refractivity contribution in [3.8, 4) is 0 Å². The molecule has 0 spiro atoms. The molecule has 112 valence electrons. The van der Waals surface area contributed by atoms with Crippen molar-refractivity contribution < 1.29 is 4.79 Å². The van der Waals surface area contributed by atoms with Gasteiger partial charge >= 0.3 is 0 Å². The van der Waals surface area contributed by atoms with Gasteiger partial charge < -0.3 is 9.88 Å². The zero-order valence-corrected chi connectivity index (χ0v) is 13.1. The lowest BCUT2D eigenvalue weighted by atomic mass is 10.3. The van der Waals surface area contributed by atoms with Crippen molar-refractivity contribution >= 4 is 34.4 Å². The molecule has 1 aromatic heterocycles. The lowest BCUT2D eigenvalue weighted by molar-refractivity contribution is -0.113. The standard InChI is InChI=1S/C17H17N3OS/c1-2-20-15-11-7-6-10-14(15)19-17(20)22-12-16(21)18-13-8-4-3-5-9-13/h3-11H,2,12H2,1H3,(H,18,21). The maximum atomic E-state index is 12.0. The molecule has 2 aromatic carbocycles. The number of nitrogens with zero attached hydrogens (tertiary/aromatic N) is 2. The van der Waals surface area contributed by atoms with E-state index in [-0.39, 0.29) is 5.91 Å². The number of hydrogen-bond acceptors (Lipinski definition) is 3. The van der Waals surface area contributed by atoms with Gasteiger partial charge in [-0.05, 0) is 31.2 Å². The minimum Gasteiger partial charge on any atom is -0.325 e. The van der Waals surface area contributed by atoms with Crippen LogP contribution in [0.4, 0.5) is 5.69 Å². The number of thioether (sulfide) groups is 1. The van der Waals surface area contributed by atoms with E-state index in [9.17, 15) is 4.79 Å². The van der Waals surface area contributed by atoms with E-state index in [1.54, 1.807) is 0 Å². The number of aromatic nitrogens is 2. The summed E-state index contributed by atoms with van der Waals surface area (Å²) >= 11 is 1.46. The minimum atomic E-state index is -0.0223. The first-order valence-electron chi connectivity index (χ1n) is 7.21. The Bertz CT molecular complexity index is 783. The molecule has 22 heavy (non-hydrogen) atoms. The first-order chi connectivity index (χ1) is 10.8. The van der Waals surface area contributed by atoms with Crippen molar-refractivity contribution in [3.05, 3.63) is 54.6 Å². The Labute approximate surface area is 133 Å². The SMILES string of the molecule is CCn1c(SCC(=O)Nc2ccccc2)nc2ccccc21. The third kappa shape index (κ3) is 3.14. The highest BCUT2D eigenvalue weighted by Crippen LogP contribution is 2.24. The molecule has 0 aliphatic heterocycles. The van der Waals surface area contributed by atoms with Crippen LogP contribution >= 0.6 is 11.8 Å². The summed E-state index contributed by atoms with van der Waals surface area (Å²) < 4.78 is 2.13. The van der Waals surface area contributed by atoms with Crippen LogP contribution in [0.25, 0.3) is 11.0 Å². The van der Waals surface area contributed by atoms with Crippen LogP contribution in [0.5, 0.6) is 0 Å². The summed E-state index contributed by atoms with van der Waals surface area (Å²) in [5.41, 5.74) is 2.89. The van der Waals surface area contributed by atoms with Crippen LogP contribution in [-0.4, -0.2) is 21.2 Å². The molecule has 0 aliphatic carbocycles. The summed E-state index contributed by atoms with van der Waals surface area (Å²) in [6.07, 6.45) is 0. The predicted octanol–water partition coefficient (Wildman–Crippen LogP) is 3.79. The van der Waals surface area contributed by atoms with Crippen molar-refractivity contribution in [2.75, 3.05) is 11.1 Å². The Morgan fingerprint density at radius 3 is 2.64 bits per heavy atom. The highest BCUT2D eigenvalue weighted by atomic mass is 32.2. The summed E-state index contributed by atoms with van der Waals surface area (Å²) in [7, 11) is 0. The third-order valence-electron chi connectivity index (χ3n) is 3.33. The second-order valence-corrected chi connectivity index (χ2v) is 5.77. The number of fused-ring (bicyclic) bond motifs is 1. The van der Waals surface area contributed by atoms with Gasteiger partial charge in [0.2, 0.25) is 5.91 Å². The molecule has 3 rings (SSSR count). The van der Waals surface area contributed by atoms with Gasteiger partial charge in [0.25, 0.3) is 0 Å². The molecule has 1 heterocycles. The molecule has 1 amide bonds. The van der Waals surface area contributed by atoms with Gasteiger partial charge in [-0.25, -0.2) is 4.98 Å². The number of amides is 1. The molecule has 4 nitrogen and oxygen atoms in total. The second kappa shape index (κ2) is 6.66. The van der Waals surface area contributed by atoms with Gasteiger partial charge in [0.1, 0.15) is 0 Å². The summed E-state index contributed by atoms with van der Waals surface area (Å²) in [5, 5.41) is 3.77. The smallest absolute Gasteiger partial charge is 0.234 e. The number of rotatable bonds is 5. The number of carbonyl (C=O) groups is 1. The van der Waals surface area contributed by atoms with E-state index in [0.717, 1.165) is 28.4 Å². The molecule has 0 radical (unpaired) electrons. The van der Waals surface area contributed by atoms with Gasteiger partial charge in [0.05, 0.1) is 16.8 Å². The van der Waals surface area contributed by atoms with Crippen LogP contribution < -0.4 is 5.32 Å². The van der Waals surface area contributed by atoms with Crippen molar-refractivity contribution in [2.24, 2.45) is 0 Å². The highest BCUT2D eigenvalue weighted by Gasteiger charge is 2.11. The van der Waals surface area contributed by atoms with E-state index in [2.05, 4.69) is 27.9 Å². The van der Waals surface area contributed by atoms with Gasteiger partial charge in [-0.2, -0.15) is 0 Å². The van der Waals surface area contributed by atoms with Crippen molar-refractivity contribution in [1.29, 1.82) is 0 Å². The zero-order chi connectivity index (χ0) is 15.4. The largest absolute Gasteiger partial charge is 0.325 e. The number of anilines is 1. The van der Waals surface area contributed by atoms with Gasteiger partial charge in [0, 0.05) is 12.2 Å². The van der Waals surface area contributed by atoms with Crippen molar-refractivity contribution in [2.45, 2.75) is 18.6 Å². The lowest BCUT2D eigenvalue weighted by Gasteiger charge is -2.06. The Kier molecular flexibility index (Phi) is 4.44. The number of aryl methyl sites for hydroxylation is 1. The maximum absolute atomic E-state index is 12.0. The van der Waals surface area contributed by atoms with Gasteiger partial charge in [0.15, 0.2) is 5.16 Å². The maximum Gasteiger partial charge on any atom is 0.234 e. The van der Waals surface area contributed by atoms with Crippen LogP contribution in [-0.2, 0) is 11.3 Å². The number of benzene rings is 2. The molecule has 1 N–H and O–H groups in total. The fourth-order valence-electron chi connectivity index (χ4n) is 2.32. The van der Waals surface area contributed by atoms with Crippen LogP contribution in [0.3, 0.4) is 0 Å². The van der Waals surface area contributed by atoms with Crippen molar-refractivity contribution in [1.82, 2.24) is 9.55 Å². The molecule has 5 heteroatoms. The van der Waals surface area contributed by atoms with E-state index in [4.69, 9.17) is 0 Å². The number of hydrogen-bond donors (Lipinski definition) is 1. The molecular weight excluding hydrogens is 294 g/mol. The summed E-state index contributed by atoms with van der Waals surface area (Å²) in [6.45, 7) is 2.92. The Morgan fingerprint density at radius 2 is 1.86 bits per heavy atom. The molecule has 0 atom stereocenters. The fourth-order valence-corrected chi connectivity index (χ4v) is 3.20. The summed E-state index contributed by atoms with van der Waals surface area (Å²) in [5.74, 6) is 0.323. The lowest BCUT2D eigenvalue weighted by Crippen LogP contribution is -2.14. The third-order valence-corrected chi connectivity index (χ3v) is 4.30. The van der Waals surface area contributed by atoms with E-state index in [1.165, 1.54) is 11.8 Å². The quantitative estimate of drug-likeness (QED) is 0.729. The number of imidazole rings is 1. The Balaban J connectivity index is 1.70. The highest BCUT2D eigenvalue weighted by molar-refractivity contribution is 7.99. The van der Waals surface area contributed by atoms with E-state index in [0.29, 0.717) is 5.75 Å². The molecule has 0 aliphatic rings. The number of nitrogens with one attached hydrogen (secondary N) is 1. The summed E-state index contributed by atoms with van der Waals surface area (Å²) in [4.78, 5) is 16.6. The Morgan fingerprint density at radius 1 is 1.14 bits per heavy atom. The first-order valence-corrected chi connectivity index (χ1v) is 8.19. The fraction of sp³-hybridized carbons (Fsp3) is 0.176. The van der Waals surface area contributed by atoms with E-state index < -0.39 is 0 Å². The average molecular weight is 311 g/mol. The average Bonchev–Trinajstić information content (AvgIpc) is 2.91. The van der Waals surface area contributed by atoms with Crippen LogP contribution in [0.15, 0.2) is 59.8 Å². The van der Waals surface area contributed by atoms with E-state index >= 15 is 0 Å². The van der Waals surface area contributed by atoms with Crippen LogP contribution in [0, 0.1) is 0 Å². The van der Waals surface area contributed by atoms with E-state index in [1.807, 2.05) is 48.5 Å². The summed E-state index contributed by atoms with van der Waals surface area (Å²) in [6, 6.07) is 17.5. The Hall–Kier alpha value is -2.27. The van der Waals surface area contributed by atoms with Crippen LogP contribution in [0.1, 0.15) is 6.92 Å².